The van der Waals surface area contributed by atoms with Gasteiger partial charge in [0.05, 0.1) is 23.5 Å². The molecule has 0 bridgehead atoms. The first kappa shape index (κ1) is 17.8. The van der Waals surface area contributed by atoms with Crippen molar-refractivity contribution in [2.45, 2.75) is 19.4 Å². The molecule has 0 unspecified atom stereocenters. The second kappa shape index (κ2) is 7.35. The molecule has 1 aromatic rings. The predicted molar refractivity (Wildman–Crippen MR) is 82.8 cm³/mol. The maximum atomic E-state index is 13.3. The lowest BCUT2D eigenvalue weighted by molar-refractivity contribution is -0.387. The van der Waals surface area contributed by atoms with Crippen LogP contribution in [-0.2, 0) is 14.3 Å². The summed E-state index contributed by atoms with van der Waals surface area (Å²) in [6.07, 6.45) is 0.0587. The number of likely N-dealkylation sites (tertiary alicyclic amines) is 1. The number of hydrogen-bond acceptors (Lipinski definition) is 5. The molecule has 1 aliphatic rings. The van der Waals surface area contributed by atoms with E-state index in [9.17, 15) is 24.1 Å². The van der Waals surface area contributed by atoms with Crippen molar-refractivity contribution in [2.24, 2.45) is 5.92 Å². The van der Waals surface area contributed by atoms with Crippen LogP contribution in [0.4, 0.5) is 15.8 Å². The van der Waals surface area contributed by atoms with E-state index < -0.39 is 28.3 Å². The van der Waals surface area contributed by atoms with Gasteiger partial charge < -0.3 is 15.0 Å². The van der Waals surface area contributed by atoms with Crippen LogP contribution in [0.3, 0.4) is 0 Å². The number of nitrogens with one attached hydrogen (secondary N) is 1. The molecule has 1 aromatic carbocycles. The third-order valence-corrected chi connectivity index (χ3v) is 3.88. The van der Waals surface area contributed by atoms with E-state index in [-0.39, 0.29) is 30.6 Å². The van der Waals surface area contributed by atoms with E-state index in [4.69, 9.17) is 4.74 Å². The molecule has 0 saturated carbocycles. The quantitative estimate of drug-likeness (QED) is 0.626. The molecule has 24 heavy (non-hydrogen) atoms. The van der Waals surface area contributed by atoms with E-state index in [1.54, 1.807) is 4.90 Å². The lowest BCUT2D eigenvalue weighted by atomic mass is 10.1. The van der Waals surface area contributed by atoms with Gasteiger partial charge >= 0.3 is 5.69 Å². The highest BCUT2D eigenvalue weighted by molar-refractivity contribution is 5.97. The Kier molecular flexibility index (Phi) is 5.45. The maximum absolute atomic E-state index is 13.3. The molecule has 1 heterocycles. The molecule has 1 saturated heterocycles. The Morgan fingerprint density at radius 3 is 2.92 bits per heavy atom. The van der Waals surface area contributed by atoms with Gasteiger partial charge in [0.1, 0.15) is 0 Å². The molecule has 2 rings (SSSR count). The molecule has 0 aliphatic carbocycles. The number of anilines is 1. The number of ether oxygens (including phenoxy) is 1. The topological polar surface area (TPSA) is 102 Å². The number of nitro benzene ring substituents is 1. The largest absolute Gasteiger partial charge is 0.383 e. The van der Waals surface area contributed by atoms with Gasteiger partial charge in [0.25, 0.3) is 0 Å². The zero-order chi connectivity index (χ0) is 17.9. The summed E-state index contributed by atoms with van der Waals surface area (Å²) in [7, 11) is 1.53. The fourth-order valence-corrected chi connectivity index (χ4v) is 2.64. The Hall–Kier alpha value is -2.55. The van der Waals surface area contributed by atoms with Gasteiger partial charge in [-0.3, -0.25) is 19.7 Å². The number of hydrogen-bond donors (Lipinski definition) is 1. The van der Waals surface area contributed by atoms with E-state index in [1.165, 1.54) is 13.2 Å². The Morgan fingerprint density at radius 2 is 2.29 bits per heavy atom. The summed E-state index contributed by atoms with van der Waals surface area (Å²) >= 11 is 0. The molecule has 1 N–H and O–H groups in total. The summed E-state index contributed by atoms with van der Waals surface area (Å²) < 4.78 is 18.3. The van der Waals surface area contributed by atoms with E-state index in [2.05, 4.69) is 5.32 Å². The van der Waals surface area contributed by atoms with Gasteiger partial charge in [0.2, 0.25) is 17.6 Å². The Bertz CT molecular complexity index is 667. The number of amides is 2. The van der Waals surface area contributed by atoms with Crippen molar-refractivity contribution in [3.8, 4) is 0 Å². The lowest BCUT2D eigenvalue weighted by Crippen LogP contribution is -2.38. The maximum Gasteiger partial charge on any atom is 0.306 e. The highest BCUT2D eigenvalue weighted by Gasteiger charge is 2.36. The normalized spacial score (nSPS) is 18.5. The van der Waals surface area contributed by atoms with E-state index in [0.29, 0.717) is 6.61 Å². The highest BCUT2D eigenvalue weighted by Crippen LogP contribution is 2.25. The molecule has 9 heteroatoms. The number of carbonyl (C=O) groups is 2. The smallest absolute Gasteiger partial charge is 0.306 e. The number of halogens is 1. The standard InChI is InChI=1S/C15H18FN3O5/c1-9(8-24-2)18-7-10(5-14(18)20)15(21)17-11-3-4-12(16)13(6-11)19(22)23/h3-4,6,9-10H,5,7-8H2,1-2H3,(H,17,21)/t9-,10-/m1/s1. The number of methoxy groups -OCH3 is 1. The van der Waals surface area contributed by atoms with Crippen molar-refractivity contribution in [3.63, 3.8) is 0 Å². The van der Waals surface area contributed by atoms with Crippen LogP contribution in [-0.4, -0.2) is 47.9 Å². The third-order valence-electron chi connectivity index (χ3n) is 3.88. The van der Waals surface area contributed by atoms with Crippen molar-refractivity contribution < 1.29 is 23.6 Å². The molecule has 2 atom stereocenters. The molecule has 8 nitrogen and oxygen atoms in total. The molecule has 1 fully saturated rings. The highest BCUT2D eigenvalue weighted by atomic mass is 19.1. The van der Waals surface area contributed by atoms with Gasteiger partial charge in [-0.15, -0.1) is 0 Å². The number of nitro groups is 1. The fourth-order valence-electron chi connectivity index (χ4n) is 2.64. The summed E-state index contributed by atoms with van der Waals surface area (Å²) in [4.78, 5) is 35.7. The second-order valence-corrected chi connectivity index (χ2v) is 5.66. The molecule has 2 amide bonds. The first-order valence-electron chi connectivity index (χ1n) is 7.36. The van der Waals surface area contributed by atoms with Crippen LogP contribution in [0.1, 0.15) is 13.3 Å². The predicted octanol–water partition coefficient (Wildman–Crippen LogP) is 1.56. The first-order valence-corrected chi connectivity index (χ1v) is 7.36. The van der Waals surface area contributed by atoms with Crippen LogP contribution in [0, 0.1) is 21.8 Å². The number of carbonyl (C=O) groups excluding carboxylic acids is 2. The minimum Gasteiger partial charge on any atom is -0.383 e. The van der Waals surface area contributed by atoms with Gasteiger partial charge in [-0.1, -0.05) is 0 Å². The molecule has 130 valence electrons. The van der Waals surface area contributed by atoms with E-state index >= 15 is 0 Å². The van der Waals surface area contributed by atoms with Crippen LogP contribution >= 0.6 is 0 Å². The molecule has 1 aliphatic heterocycles. The van der Waals surface area contributed by atoms with Crippen LogP contribution in [0.2, 0.25) is 0 Å². The van der Waals surface area contributed by atoms with Crippen molar-refractivity contribution in [1.29, 1.82) is 0 Å². The van der Waals surface area contributed by atoms with Crippen molar-refractivity contribution in [2.75, 3.05) is 25.6 Å². The zero-order valence-corrected chi connectivity index (χ0v) is 13.3. The zero-order valence-electron chi connectivity index (χ0n) is 13.3. The average molecular weight is 339 g/mol. The molecule has 0 aromatic heterocycles. The van der Waals surface area contributed by atoms with Gasteiger partial charge in [0.15, 0.2) is 0 Å². The summed E-state index contributed by atoms with van der Waals surface area (Å²) in [5, 5.41) is 13.2. The SMILES string of the molecule is COC[C@@H](C)N1C[C@H](C(=O)Nc2ccc(F)c([N+](=O)[O-])c2)CC1=O. The van der Waals surface area contributed by atoms with Gasteiger partial charge in [0, 0.05) is 31.8 Å². The monoisotopic (exact) mass is 339 g/mol. The molecular weight excluding hydrogens is 321 g/mol. The van der Waals surface area contributed by atoms with E-state index in [0.717, 1.165) is 12.1 Å². The first-order chi connectivity index (χ1) is 11.3. The summed E-state index contributed by atoms with van der Waals surface area (Å²) in [6.45, 7) is 2.44. The summed E-state index contributed by atoms with van der Waals surface area (Å²) in [6, 6.07) is 2.96. The minimum absolute atomic E-state index is 0.0587. The third kappa shape index (κ3) is 3.85. The van der Waals surface area contributed by atoms with Crippen LogP contribution in [0.5, 0.6) is 0 Å². The van der Waals surface area contributed by atoms with Crippen LogP contribution in [0.15, 0.2) is 18.2 Å². The minimum atomic E-state index is -0.978. The molecular formula is C15H18FN3O5. The van der Waals surface area contributed by atoms with Gasteiger partial charge in [-0.25, -0.2) is 0 Å². The van der Waals surface area contributed by atoms with E-state index in [1.807, 2.05) is 6.92 Å². The van der Waals surface area contributed by atoms with Crippen molar-refractivity contribution in [1.82, 2.24) is 4.90 Å². The molecule has 0 spiro atoms. The fraction of sp³-hybridized carbons (Fsp3) is 0.467. The Labute approximate surface area is 137 Å². The lowest BCUT2D eigenvalue weighted by Gasteiger charge is -2.23. The summed E-state index contributed by atoms with van der Waals surface area (Å²) in [5.41, 5.74) is -0.602. The number of rotatable bonds is 6. The molecule has 0 radical (unpaired) electrons. The summed E-state index contributed by atoms with van der Waals surface area (Å²) in [5.74, 6) is -2.13. The van der Waals surface area contributed by atoms with Crippen LogP contribution < -0.4 is 5.32 Å². The number of nitrogens with zero attached hydrogens (tertiary/aromatic N) is 2. The number of benzene rings is 1. The average Bonchev–Trinajstić information content (AvgIpc) is 2.91. The van der Waals surface area contributed by atoms with Gasteiger partial charge in [-0.2, -0.15) is 4.39 Å². The second-order valence-electron chi connectivity index (χ2n) is 5.66. The van der Waals surface area contributed by atoms with Crippen molar-refractivity contribution >= 4 is 23.2 Å². The van der Waals surface area contributed by atoms with Crippen LogP contribution in [0.25, 0.3) is 0 Å². The Morgan fingerprint density at radius 1 is 1.58 bits per heavy atom. The Balaban J connectivity index is 2.04. The van der Waals surface area contributed by atoms with Crippen molar-refractivity contribution in [3.05, 3.63) is 34.1 Å². The van der Waals surface area contributed by atoms with Gasteiger partial charge in [-0.05, 0) is 19.1 Å².